The van der Waals surface area contributed by atoms with E-state index in [0.717, 1.165) is 0 Å². The van der Waals surface area contributed by atoms with Gasteiger partial charge in [-0.3, -0.25) is 0 Å². The molecule has 164 valence electrons. The van der Waals surface area contributed by atoms with E-state index in [1.54, 1.807) is 0 Å². The van der Waals surface area contributed by atoms with Crippen molar-refractivity contribution < 1.29 is 64.5 Å². The molecule has 3 saturated heterocycles. The van der Waals surface area contributed by atoms with E-state index in [0.29, 0.717) is 0 Å². The fourth-order valence-corrected chi connectivity index (χ4v) is 3.24. The van der Waals surface area contributed by atoms with Crippen LogP contribution in [0.15, 0.2) is 0 Å². The van der Waals surface area contributed by atoms with Gasteiger partial charge >= 0.3 is 0 Å². The highest BCUT2D eigenvalue weighted by Crippen LogP contribution is 2.27. The van der Waals surface area contributed by atoms with E-state index < -0.39 is 80.4 Å². The lowest BCUT2D eigenvalue weighted by Gasteiger charge is -2.20. The van der Waals surface area contributed by atoms with Gasteiger partial charge in [0.05, 0.1) is 19.8 Å². The topological polar surface area (TPSA) is 208 Å². The van der Waals surface area contributed by atoms with Gasteiger partial charge in [0.2, 0.25) is 0 Å². The summed E-state index contributed by atoms with van der Waals surface area (Å²) < 4.78 is 25.9. The van der Waals surface area contributed by atoms with Gasteiger partial charge in [0.1, 0.15) is 54.9 Å². The average molecular weight is 414 g/mol. The zero-order chi connectivity index (χ0) is 20.6. The zero-order valence-corrected chi connectivity index (χ0v) is 14.7. The Balaban J connectivity index is 1.46. The molecule has 3 aliphatic heterocycles. The van der Waals surface area contributed by atoms with Gasteiger partial charge in [-0.1, -0.05) is 0 Å². The summed E-state index contributed by atoms with van der Waals surface area (Å²) in [5.74, 6) is 0. The predicted molar refractivity (Wildman–Crippen MR) is 83.2 cm³/mol. The second-order valence-corrected chi connectivity index (χ2v) is 6.94. The van der Waals surface area contributed by atoms with Crippen LogP contribution in [-0.4, -0.2) is 134 Å². The van der Waals surface area contributed by atoms with Crippen LogP contribution >= 0.6 is 0 Å². The smallest absolute Gasteiger partial charge is 0.186 e. The van der Waals surface area contributed by atoms with Gasteiger partial charge in [-0.05, 0) is 0 Å². The Morgan fingerprint density at radius 2 is 0.964 bits per heavy atom. The zero-order valence-electron chi connectivity index (χ0n) is 14.7. The molecule has 3 heterocycles. The Bertz CT molecular complexity index is 508. The Labute approximate surface area is 159 Å². The minimum atomic E-state index is -1.57. The first kappa shape index (κ1) is 22.2. The molecule has 13 nitrogen and oxygen atoms in total. The van der Waals surface area contributed by atoms with Crippen molar-refractivity contribution in [2.24, 2.45) is 0 Å². The largest absolute Gasteiger partial charge is 0.394 e. The van der Waals surface area contributed by atoms with Crippen LogP contribution in [0.1, 0.15) is 0 Å². The van der Waals surface area contributed by atoms with E-state index >= 15 is 0 Å². The Morgan fingerprint density at radius 3 is 1.39 bits per heavy atom. The van der Waals surface area contributed by atoms with Crippen molar-refractivity contribution in [3.63, 3.8) is 0 Å². The van der Waals surface area contributed by atoms with Gasteiger partial charge in [0.25, 0.3) is 0 Å². The van der Waals surface area contributed by atoms with Crippen molar-refractivity contribution >= 4 is 0 Å². The van der Waals surface area contributed by atoms with Crippen LogP contribution in [0.2, 0.25) is 0 Å². The quantitative estimate of drug-likeness (QED) is 0.196. The number of aliphatic hydroxyl groups is 8. The number of rotatable bonds is 7. The summed E-state index contributed by atoms with van der Waals surface area (Å²) in [4.78, 5) is 0. The molecule has 3 fully saturated rings. The summed E-state index contributed by atoms with van der Waals surface area (Å²) in [6.07, 6.45) is -15.8. The first-order chi connectivity index (χ1) is 13.2. The number of ether oxygens (including phenoxy) is 5. The summed E-state index contributed by atoms with van der Waals surface area (Å²) >= 11 is 0. The molecule has 28 heavy (non-hydrogen) atoms. The van der Waals surface area contributed by atoms with Crippen LogP contribution in [0.25, 0.3) is 0 Å². The SMILES string of the molecule is OC[C@H]1O[C@H](OC[C@H]2O[C@H](OC[C@H]3OC(O)[C@H](O)[C@@H]3O)[C@H](O)[C@@H]2O)[C@H](O)[C@@H]1O. The highest BCUT2D eigenvalue weighted by Gasteiger charge is 2.48. The standard InChI is InChI=1S/C15H26O13/c16-1-4-7(17)11(21)14(27-4)25-3-6-9(19)12(22)15(28-6)24-2-5-8(18)10(20)13(23)26-5/h4-23H,1-3H2/t4-,5-,6-,7-,8-,9-,10-,11-,12-,13?,14+,15+/m1/s1. The van der Waals surface area contributed by atoms with E-state index in [4.69, 9.17) is 28.8 Å². The summed E-state index contributed by atoms with van der Waals surface area (Å²) in [7, 11) is 0. The third-order valence-electron chi connectivity index (χ3n) is 5.00. The molecule has 3 aliphatic rings. The lowest BCUT2D eigenvalue weighted by atomic mass is 10.1. The van der Waals surface area contributed by atoms with Gasteiger partial charge in [-0.15, -0.1) is 0 Å². The monoisotopic (exact) mass is 414 g/mol. The highest BCUT2D eigenvalue weighted by atomic mass is 16.7. The molecule has 0 aromatic rings. The minimum absolute atomic E-state index is 0.329. The predicted octanol–water partition coefficient (Wildman–Crippen LogP) is -5.66. The van der Waals surface area contributed by atoms with E-state index in [1.807, 2.05) is 0 Å². The Kier molecular flexibility index (Phi) is 7.20. The molecule has 0 radical (unpaired) electrons. The first-order valence-corrected chi connectivity index (χ1v) is 8.81. The van der Waals surface area contributed by atoms with E-state index in [1.165, 1.54) is 0 Å². The van der Waals surface area contributed by atoms with Gasteiger partial charge < -0.3 is 64.5 Å². The van der Waals surface area contributed by atoms with Crippen LogP contribution in [0.3, 0.4) is 0 Å². The molecule has 0 amide bonds. The number of hydrogen-bond donors (Lipinski definition) is 8. The molecule has 0 spiro atoms. The lowest BCUT2D eigenvalue weighted by molar-refractivity contribution is -0.215. The van der Waals surface area contributed by atoms with Crippen molar-refractivity contribution in [3.8, 4) is 0 Å². The maximum Gasteiger partial charge on any atom is 0.186 e. The van der Waals surface area contributed by atoms with Crippen molar-refractivity contribution in [1.29, 1.82) is 0 Å². The molecule has 0 bridgehead atoms. The van der Waals surface area contributed by atoms with E-state index in [2.05, 4.69) is 0 Å². The van der Waals surface area contributed by atoms with Crippen molar-refractivity contribution in [2.75, 3.05) is 19.8 Å². The molecule has 0 saturated carbocycles. The lowest BCUT2D eigenvalue weighted by Crippen LogP contribution is -2.39. The molecule has 8 N–H and O–H groups in total. The average Bonchev–Trinajstić information content (AvgIpc) is 3.21. The van der Waals surface area contributed by atoms with Gasteiger partial charge in [-0.2, -0.15) is 0 Å². The molecular weight excluding hydrogens is 388 g/mol. The molecule has 0 aromatic heterocycles. The van der Waals surface area contributed by atoms with Crippen LogP contribution in [0.4, 0.5) is 0 Å². The normalized spacial score (nSPS) is 51.9. The molecular formula is C15H26O13. The summed E-state index contributed by atoms with van der Waals surface area (Å²) in [5.41, 5.74) is 0. The third-order valence-corrected chi connectivity index (χ3v) is 5.00. The summed E-state index contributed by atoms with van der Waals surface area (Å²) in [6.45, 7) is -1.19. The fourth-order valence-electron chi connectivity index (χ4n) is 3.24. The van der Waals surface area contributed by atoms with E-state index in [-0.39, 0.29) is 13.2 Å². The maximum atomic E-state index is 10.1. The highest BCUT2D eigenvalue weighted by molar-refractivity contribution is 4.90. The third kappa shape index (κ3) is 4.32. The van der Waals surface area contributed by atoms with Crippen LogP contribution in [0, 0.1) is 0 Å². The molecule has 1 unspecified atom stereocenters. The molecule has 0 aliphatic carbocycles. The molecule has 3 rings (SSSR count). The van der Waals surface area contributed by atoms with Crippen LogP contribution in [-0.2, 0) is 23.7 Å². The van der Waals surface area contributed by atoms with Crippen molar-refractivity contribution in [1.82, 2.24) is 0 Å². The molecule has 13 heteroatoms. The fraction of sp³-hybridized carbons (Fsp3) is 1.00. The van der Waals surface area contributed by atoms with Crippen LogP contribution in [0.5, 0.6) is 0 Å². The van der Waals surface area contributed by atoms with Gasteiger partial charge in [-0.25, -0.2) is 0 Å². The number of hydrogen-bond acceptors (Lipinski definition) is 13. The molecule has 0 aromatic carbocycles. The van der Waals surface area contributed by atoms with Crippen molar-refractivity contribution in [3.05, 3.63) is 0 Å². The van der Waals surface area contributed by atoms with E-state index in [9.17, 15) is 35.7 Å². The summed E-state index contributed by atoms with van der Waals surface area (Å²) in [6, 6.07) is 0. The van der Waals surface area contributed by atoms with Crippen molar-refractivity contribution in [2.45, 2.75) is 73.8 Å². The Hall–Kier alpha value is -0.520. The Morgan fingerprint density at radius 1 is 0.536 bits per heavy atom. The first-order valence-electron chi connectivity index (χ1n) is 8.81. The van der Waals surface area contributed by atoms with Crippen LogP contribution < -0.4 is 0 Å². The summed E-state index contributed by atoms with van der Waals surface area (Å²) in [5, 5.41) is 77.1. The van der Waals surface area contributed by atoms with Gasteiger partial charge in [0, 0.05) is 0 Å². The maximum absolute atomic E-state index is 10.1. The molecule has 12 atom stereocenters. The minimum Gasteiger partial charge on any atom is -0.394 e. The number of aliphatic hydroxyl groups excluding tert-OH is 8. The van der Waals surface area contributed by atoms with Gasteiger partial charge in [0.15, 0.2) is 18.9 Å². The second kappa shape index (κ2) is 9.09. The second-order valence-electron chi connectivity index (χ2n) is 6.94.